The van der Waals surface area contributed by atoms with Crippen molar-refractivity contribution in [3.63, 3.8) is 0 Å². The van der Waals surface area contributed by atoms with Crippen molar-refractivity contribution in [2.24, 2.45) is 5.92 Å². The normalized spacial score (nSPS) is 15.5. The number of thiophene rings is 1. The van der Waals surface area contributed by atoms with Gasteiger partial charge in [0, 0.05) is 17.6 Å². The number of nitrogens with one attached hydrogen (secondary N) is 2. The van der Waals surface area contributed by atoms with Crippen LogP contribution in [0.2, 0.25) is 0 Å². The molecule has 1 aliphatic carbocycles. The zero-order valence-corrected chi connectivity index (χ0v) is 13.0. The Morgan fingerprint density at radius 2 is 2.10 bits per heavy atom. The van der Waals surface area contributed by atoms with Gasteiger partial charge in [-0.15, -0.1) is 11.3 Å². The highest BCUT2D eigenvalue weighted by Crippen LogP contribution is 2.44. The van der Waals surface area contributed by atoms with Gasteiger partial charge < -0.3 is 10.6 Å². The largest absolute Gasteiger partial charge is 0.377 e. The molecule has 21 heavy (non-hydrogen) atoms. The lowest BCUT2D eigenvalue weighted by Gasteiger charge is -2.20. The number of anilines is 1. The molecule has 1 heterocycles. The van der Waals surface area contributed by atoms with Crippen LogP contribution >= 0.6 is 11.3 Å². The first-order valence-electron chi connectivity index (χ1n) is 7.36. The summed E-state index contributed by atoms with van der Waals surface area (Å²) in [6, 6.07) is 12.8. The zero-order chi connectivity index (χ0) is 14.7. The van der Waals surface area contributed by atoms with E-state index in [1.165, 1.54) is 17.7 Å². The number of hydrogen-bond acceptors (Lipinski definition) is 3. The van der Waals surface area contributed by atoms with Gasteiger partial charge in [-0.2, -0.15) is 0 Å². The average Bonchev–Trinajstić information content (AvgIpc) is 3.20. The Bertz CT molecular complexity index is 605. The van der Waals surface area contributed by atoms with Gasteiger partial charge in [0.05, 0.1) is 12.5 Å². The van der Waals surface area contributed by atoms with Gasteiger partial charge in [-0.3, -0.25) is 4.79 Å². The van der Waals surface area contributed by atoms with E-state index in [2.05, 4.69) is 34.2 Å². The fourth-order valence-electron chi connectivity index (χ4n) is 2.56. The van der Waals surface area contributed by atoms with Crippen LogP contribution in [0, 0.1) is 5.92 Å². The second-order valence-corrected chi connectivity index (χ2v) is 6.46. The minimum absolute atomic E-state index is 0.0448. The number of benzene rings is 1. The predicted molar refractivity (Wildman–Crippen MR) is 87.6 cm³/mol. The summed E-state index contributed by atoms with van der Waals surface area (Å²) in [5.74, 6) is 0.764. The molecule has 0 aliphatic heterocycles. The Morgan fingerprint density at radius 1 is 1.29 bits per heavy atom. The highest BCUT2D eigenvalue weighted by molar-refractivity contribution is 7.10. The molecule has 3 nitrogen and oxygen atoms in total. The van der Waals surface area contributed by atoms with Crippen LogP contribution < -0.4 is 10.6 Å². The predicted octanol–water partition coefficient (Wildman–Crippen LogP) is 3.60. The molecule has 2 aromatic rings. The maximum Gasteiger partial charge on any atom is 0.224 e. The van der Waals surface area contributed by atoms with Crippen molar-refractivity contribution in [3.05, 3.63) is 52.2 Å². The minimum Gasteiger partial charge on any atom is -0.377 e. The number of rotatable bonds is 6. The van der Waals surface area contributed by atoms with Gasteiger partial charge >= 0.3 is 0 Å². The van der Waals surface area contributed by atoms with Crippen LogP contribution in [0.5, 0.6) is 0 Å². The number of amides is 1. The summed E-state index contributed by atoms with van der Waals surface area (Å²) < 4.78 is 0. The van der Waals surface area contributed by atoms with Crippen molar-refractivity contribution >= 4 is 22.9 Å². The summed E-state index contributed by atoms with van der Waals surface area (Å²) in [5.41, 5.74) is 2.13. The summed E-state index contributed by atoms with van der Waals surface area (Å²) in [6.07, 6.45) is 2.99. The van der Waals surface area contributed by atoms with Crippen LogP contribution in [0.25, 0.3) is 0 Å². The Kier molecular flexibility index (Phi) is 4.25. The van der Waals surface area contributed by atoms with E-state index in [4.69, 9.17) is 0 Å². The fraction of sp³-hybridized carbons (Fsp3) is 0.353. The third-order valence-corrected chi connectivity index (χ3v) is 4.86. The minimum atomic E-state index is 0.0448. The quantitative estimate of drug-likeness (QED) is 0.856. The molecule has 0 saturated heterocycles. The summed E-state index contributed by atoms with van der Waals surface area (Å²) in [5, 5.41) is 8.49. The van der Waals surface area contributed by atoms with Crippen LogP contribution in [0.4, 0.5) is 5.69 Å². The topological polar surface area (TPSA) is 41.1 Å². The molecule has 110 valence electrons. The first kappa shape index (κ1) is 14.1. The van der Waals surface area contributed by atoms with Gasteiger partial charge in [-0.1, -0.05) is 24.3 Å². The molecule has 3 rings (SSSR count). The molecule has 2 N–H and O–H groups in total. The van der Waals surface area contributed by atoms with Crippen molar-refractivity contribution in [1.82, 2.24) is 5.32 Å². The molecule has 1 aromatic heterocycles. The first-order valence-corrected chi connectivity index (χ1v) is 8.24. The van der Waals surface area contributed by atoms with E-state index < -0.39 is 0 Å². The van der Waals surface area contributed by atoms with E-state index in [0.717, 1.165) is 17.2 Å². The van der Waals surface area contributed by atoms with Gasteiger partial charge in [0.1, 0.15) is 0 Å². The molecule has 1 unspecified atom stereocenters. The van der Waals surface area contributed by atoms with Crippen molar-refractivity contribution in [2.45, 2.75) is 25.3 Å². The molecule has 1 aromatic carbocycles. The van der Waals surface area contributed by atoms with Gasteiger partial charge in [0.25, 0.3) is 0 Å². The van der Waals surface area contributed by atoms with Gasteiger partial charge in [0.2, 0.25) is 5.91 Å². The standard InChI is InChI=1S/C17H20N2OS/c1-18-16(20)11-13-5-2-3-6-14(13)19-17(12-8-9-12)15-7-4-10-21-15/h2-7,10,12,17,19H,8-9,11H2,1H3,(H,18,20). The maximum atomic E-state index is 11.7. The monoisotopic (exact) mass is 300 g/mol. The number of hydrogen-bond donors (Lipinski definition) is 2. The van der Waals surface area contributed by atoms with Crippen molar-refractivity contribution in [2.75, 3.05) is 12.4 Å². The van der Waals surface area contributed by atoms with E-state index in [1.54, 1.807) is 18.4 Å². The van der Waals surface area contributed by atoms with E-state index >= 15 is 0 Å². The summed E-state index contributed by atoms with van der Waals surface area (Å²) >= 11 is 1.80. The highest BCUT2D eigenvalue weighted by atomic mass is 32.1. The molecule has 0 bridgehead atoms. The van der Waals surface area contributed by atoms with Gasteiger partial charge in [-0.25, -0.2) is 0 Å². The molecule has 0 spiro atoms. The lowest BCUT2D eigenvalue weighted by Crippen LogP contribution is -2.21. The van der Waals surface area contributed by atoms with Gasteiger partial charge in [-0.05, 0) is 41.8 Å². The maximum absolute atomic E-state index is 11.7. The van der Waals surface area contributed by atoms with Crippen LogP contribution in [0.15, 0.2) is 41.8 Å². The highest BCUT2D eigenvalue weighted by Gasteiger charge is 2.33. The molecular weight excluding hydrogens is 280 g/mol. The lowest BCUT2D eigenvalue weighted by molar-refractivity contribution is -0.119. The average molecular weight is 300 g/mol. The Labute approximate surface area is 129 Å². The molecule has 1 saturated carbocycles. The second kappa shape index (κ2) is 6.31. The lowest BCUT2D eigenvalue weighted by atomic mass is 10.1. The molecule has 1 atom stereocenters. The van der Waals surface area contributed by atoms with Crippen molar-refractivity contribution in [3.8, 4) is 0 Å². The number of carbonyl (C=O) groups excluding carboxylic acids is 1. The van der Waals surface area contributed by atoms with E-state index in [1.807, 2.05) is 18.2 Å². The molecule has 0 radical (unpaired) electrons. The van der Waals surface area contributed by atoms with Crippen LogP contribution in [0.1, 0.15) is 29.3 Å². The Morgan fingerprint density at radius 3 is 2.76 bits per heavy atom. The third-order valence-electron chi connectivity index (χ3n) is 3.90. The first-order chi connectivity index (χ1) is 10.3. The SMILES string of the molecule is CNC(=O)Cc1ccccc1NC(c1cccs1)C1CC1. The van der Waals surface area contributed by atoms with E-state index in [-0.39, 0.29) is 5.91 Å². The van der Waals surface area contributed by atoms with Crippen LogP contribution in [-0.2, 0) is 11.2 Å². The summed E-state index contributed by atoms with van der Waals surface area (Å²) in [7, 11) is 1.68. The summed E-state index contributed by atoms with van der Waals surface area (Å²) in [4.78, 5) is 13.0. The Hall–Kier alpha value is -1.81. The third kappa shape index (κ3) is 3.45. The number of carbonyl (C=O) groups is 1. The van der Waals surface area contributed by atoms with E-state index in [9.17, 15) is 4.79 Å². The molecule has 1 aliphatic rings. The summed E-state index contributed by atoms with van der Waals surface area (Å²) in [6.45, 7) is 0. The van der Waals surface area contributed by atoms with Crippen molar-refractivity contribution in [1.29, 1.82) is 0 Å². The smallest absolute Gasteiger partial charge is 0.224 e. The number of likely N-dealkylation sites (N-methyl/N-ethyl adjacent to an activating group) is 1. The van der Waals surface area contributed by atoms with E-state index in [0.29, 0.717) is 12.5 Å². The van der Waals surface area contributed by atoms with Gasteiger partial charge in [0.15, 0.2) is 0 Å². The Balaban J connectivity index is 1.81. The number of para-hydroxylation sites is 1. The van der Waals surface area contributed by atoms with Crippen LogP contribution in [-0.4, -0.2) is 13.0 Å². The molecular formula is C17H20N2OS. The second-order valence-electron chi connectivity index (χ2n) is 5.48. The van der Waals surface area contributed by atoms with Crippen LogP contribution in [0.3, 0.4) is 0 Å². The molecule has 1 fully saturated rings. The zero-order valence-electron chi connectivity index (χ0n) is 12.1. The molecule has 4 heteroatoms. The fourth-order valence-corrected chi connectivity index (χ4v) is 3.43. The van der Waals surface area contributed by atoms with Crippen molar-refractivity contribution < 1.29 is 4.79 Å². The molecule has 1 amide bonds.